The van der Waals surface area contributed by atoms with E-state index in [4.69, 9.17) is 9.72 Å². The van der Waals surface area contributed by atoms with Crippen LogP contribution in [0.25, 0.3) is 9.88 Å². The minimum Gasteiger partial charge on any atom is -0.373 e. The number of amides is 1. The fourth-order valence-corrected chi connectivity index (χ4v) is 5.13. The Morgan fingerprint density at radius 2 is 2.26 bits per heavy atom. The molecule has 2 bridgehead atoms. The number of nitrogens with zero attached hydrogens (tertiary/aromatic N) is 1. The van der Waals surface area contributed by atoms with Crippen LogP contribution in [-0.4, -0.2) is 29.1 Å². The first-order valence-electron chi connectivity index (χ1n) is 8.00. The number of fused-ring (bicyclic) bond motifs is 2. The van der Waals surface area contributed by atoms with Gasteiger partial charge in [-0.1, -0.05) is 6.07 Å². The van der Waals surface area contributed by atoms with Crippen LogP contribution in [0, 0.1) is 0 Å². The Morgan fingerprint density at radius 1 is 1.39 bits per heavy atom. The molecule has 0 spiro atoms. The van der Waals surface area contributed by atoms with Gasteiger partial charge in [-0.2, -0.15) is 0 Å². The molecule has 6 heteroatoms. The molecule has 1 amide bonds. The number of rotatable bonds is 4. The van der Waals surface area contributed by atoms with Crippen molar-refractivity contribution in [1.29, 1.82) is 0 Å². The lowest BCUT2D eigenvalue weighted by molar-refractivity contribution is -0.126. The molecule has 2 aliphatic rings. The van der Waals surface area contributed by atoms with Crippen LogP contribution in [0.4, 0.5) is 0 Å². The SMILES string of the molecule is CC(C)(C(=O)N[C@@H]1C[C@H]2CC[C@H]1O2)c1csc(-c2cccs2)n1. The van der Waals surface area contributed by atoms with E-state index in [2.05, 4.69) is 11.4 Å². The van der Waals surface area contributed by atoms with Crippen molar-refractivity contribution in [3.8, 4) is 9.88 Å². The molecule has 0 unspecified atom stereocenters. The van der Waals surface area contributed by atoms with E-state index < -0.39 is 5.41 Å². The molecular weight excluding hydrogens is 328 g/mol. The molecule has 4 heterocycles. The average molecular weight is 348 g/mol. The predicted octanol–water partition coefficient (Wildman–Crippen LogP) is 3.59. The summed E-state index contributed by atoms with van der Waals surface area (Å²) >= 11 is 3.27. The van der Waals surface area contributed by atoms with Gasteiger partial charge in [0.05, 0.1) is 34.2 Å². The van der Waals surface area contributed by atoms with Crippen molar-refractivity contribution >= 4 is 28.6 Å². The van der Waals surface area contributed by atoms with Gasteiger partial charge in [-0.05, 0) is 44.6 Å². The summed E-state index contributed by atoms with van der Waals surface area (Å²) in [5.74, 6) is 0.0432. The fraction of sp³-hybridized carbons (Fsp3) is 0.529. The van der Waals surface area contributed by atoms with Crippen molar-refractivity contribution in [3.05, 3.63) is 28.6 Å². The number of carbonyl (C=O) groups is 1. The number of thiophene rings is 1. The molecule has 2 fully saturated rings. The topological polar surface area (TPSA) is 51.2 Å². The highest BCUT2D eigenvalue weighted by atomic mass is 32.1. The molecule has 0 aromatic carbocycles. The molecule has 0 radical (unpaired) electrons. The van der Waals surface area contributed by atoms with Gasteiger partial charge in [0.25, 0.3) is 0 Å². The third-order valence-corrected chi connectivity index (χ3v) is 6.75. The smallest absolute Gasteiger partial charge is 0.232 e. The number of hydrogen-bond acceptors (Lipinski definition) is 5. The molecule has 122 valence electrons. The van der Waals surface area contributed by atoms with E-state index in [1.807, 2.05) is 30.7 Å². The maximum Gasteiger partial charge on any atom is 0.232 e. The largest absolute Gasteiger partial charge is 0.373 e. The van der Waals surface area contributed by atoms with E-state index in [0.717, 1.165) is 34.8 Å². The minimum atomic E-state index is -0.631. The van der Waals surface area contributed by atoms with E-state index >= 15 is 0 Å². The minimum absolute atomic E-state index is 0.0432. The number of ether oxygens (including phenoxy) is 1. The molecule has 0 saturated carbocycles. The van der Waals surface area contributed by atoms with Crippen LogP contribution in [0.3, 0.4) is 0 Å². The molecule has 2 saturated heterocycles. The van der Waals surface area contributed by atoms with Gasteiger partial charge in [-0.15, -0.1) is 22.7 Å². The van der Waals surface area contributed by atoms with E-state index in [0.29, 0.717) is 6.10 Å². The van der Waals surface area contributed by atoms with Gasteiger partial charge >= 0.3 is 0 Å². The Hall–Kier alpha value is -1.24. The first-order chi connectivity index (χ1) is 11.0. The summed E-state index contributed by atoms with van der Waals surface area (Å²) in [5, 5.41) is 8.23. The summed E-state index contributed by atoms with van der Waals surface area (Å²) in [6.07, 6.45) is 3.70. The zero-order valence-electron chi connectivity index (χ0n) is 13.2. The molecule has 0 aliphatic carbocycles. The quantitative estimate of drug-likeness (QED) is 0.919. The highest BCUT2D eigenvalue weighted by molar-refractivity contribution is 7.20. The molecule has 4 rings (SSSR count). The Morgan fingerprint density at radius 3 is 2.91 bits per heavy atom. The normalized spacial score (nSPS) is 26.6. The van der Waals surface area contributed by atoms with Crippen molar-refractivity contribution in [3.63, 3.8) is 0 Å². The molecule has 3 atom stereocenters. The van der Waals surface area contributed by atoms with Crippen LogP contribution in [0.1, 0.15) is 38.8 Å². The monoisotopic (exact) mass is 348 g/mol. The highest BCUT2D eigenvalue weighted by Crippen LogP contribution is 2.36. The first kappa shape index (κ1) is 15.3. The lowest BCUT2D eigenvalue weighted by Crippen LogP contribution is -2.48. The van der Waals surface area contributed by atoms with Crippen LogP contribution < -0.4 is 5.32 Å². The lowest BCUT2D eigenvalue weighted by Gasteiger charge is -2.27. The number of nitrogens with one attached hydrogen (secondary N) is 1. The lowest BCUT2D eigenvalue weighted by atomic mass is 9.87. The van der Waals surface area contributed by atoms with Crippen molar-refractivity contribution in [2.75, 3.05) is 0 Å². The molecule has 2 aromatic rings. The van der Waals surface area contributed by atoms with Crippen LogP contribution in [0.2, 0.25) is 0 Å². The molecule has 2 aromatic heterocycles. The number of aromatic nitrogens is 1. The zero-order chi connectivity index (χ0) is 16.0. The first-order valence-corrected chi connectivity index (χ1v) is 9.76. The van der Waals surface area contributed by atoms with Crippen LogP contribution in [-0.2, 0) is 14.9 Å². The van der Waals surface area contributed by atoms with E-state index in [1.54, 1.807) is 22.7 Å². The van der Waals surface area contributed by atoms with Gasteiger partial charge in [-0.3, -0.25) is 4.79 Å². The van der Waals surface area contributed by atoms with E-state index in [9.17, 15) is 4.79 Å². The summed E-state index contributed by atoms with van der Waals surface area (Å²) in [6, 6.07) is 4.25. The van der Waals surface area contributed by atoms with Crippen LogP contribution in [0.15, 0.2) is 22.9 Å². The average Bonchev–Trinajstić information content (AvgIpc) is 3.29. The van der Waals surface area contributed by atoms with Crippen molar-refractivity contribution < 1.29 is 9.53 Å². The Labute approximate surface area is 143 Å². The standard InChI is InChI=1S/C17H20N2O2S2/c1-17(2,14-9-23-15(19-14)13-4-3-7-22-13)16(20)18-11-8-10-5-6-12(11)21-10/h3-4,7,9-12H,5-6,8H2,1-2H3,(H,18,20)/t10-,11-,12-/m1/s1. The maximum atomic E-state index is 12.8. The number of thiazole rings is 1. The Bertz CT molecular complexity index is 708. The summed E-state index contributed by atoms with van der Waals surface area (Å²) in [4.78, 5) is 18.7. The second-order valence-electron chi connectivity index (χ2n) is 6.83. The molecule has 2 aliphatic heterocycles. The van der Waals surface area contributed by atoms with Gasteiger partial charge < -0.3 is 10.1 Å². The van der Waals surface area contributed by atoms with Gasteiger partial charge in [-0.25, -0.2) is 4.98 Å². The Kier molecular flexibility index (Phi) is 3.78. The molecule has 23 heavy (non-hydrogen) atoms. The summed E-state index contributed by atoms with van der Waals surface area (Å²) < 4.78 is 5.83. The number of carbonyl (C=O) groups excluding carboxylic acids is 1. The number of hydrogen-bond donors (Lipinski definition) is 1. The fourth-order valence-electron chi connectivity index (χ4n) is 3.33. The highest BCUT2D eigenvalue weighted by Gasteiger charge is 2.43. The van der Waals surface area contributed by atoms with Crippen LogP contribution in [0.5, 0.6) is 0 Å². The molecule has 1 N–H and O–H groups in total. The molecule has 4 nitrogen and oxygen atoms in total. The predicted molar refractivity (Wildman–Crippen MR) is 92.9 cm³/mol. The van der Waals surface area contributed by atoms with Crippen molar-refractivity contribution in [1.82, 2.24) is 10.3 Å². The van der Waals surface area contributed by atoms with Crippen LogP contribution >= 0.6 is 22.7 Å². The van der Waals surface area contributed by atoms with Crippen molar-refractivity contribution in [2.45, 2.75) is 56.8 Å². The van der Waals surface area contributed by atoms with Gasteiger partial charge in [0.2, 0.25) is 5.91 Å². The second kappa shape index (κ2) is 5.69. The van der Waals surface area contributed by atoms with Gasteiger partial charge in [0.1, 0.15) is 5.01 Å². The third kappa shape index (κ3) is 2.73. The summed E-state index contributed by atoms with van der Waals surface area (Å²) in [7, 11) is 0. The van der Waals surface area contributed by atoms with E-state index in [1.165, 1.54) is 0 Å². The second-order valence-corrected chi connectivity index (χ2v) is 8.64. The van der Waals surface area contributed by atoms with Gasteiger partial charge in [0.15, 0.2) is 0 Å². The summed E-state index contributed by atoms with van der Waals surface area (Å²) in [6.45, 7) is 3.90. The maximum absolute atomic E-state index is 12.8. The zero-order valence-corrected chi connectivity index (χ0v) is 14.9. The Balaban J connectivity index is 1.49. The van der Waals surface area contributed by atoms with Crippen molar-refractivity contribution in [2.24, 2.45) is 0 Å². The van der Waals surface area contributed by atoms with Gasteiger partial charge in [0, 0.05) is 5.38 Å². The summed E-state index contributed by atoms with van der Waals surface area (Å²) in [5.41, 5.74) is 0.209. The molecular formula is C17H20N2O2S2. The van der Waals surface area contributed by atoms with E-state index in [-0.39, 0.29) is 18.1 Å². The third-order valence-electron chi connectivity index (χ3n) is 4.87.